The summed E-state index contributed by atoms with van der Waals surface area (Å²) in [5, 5.41) is 19.3. The van der Waals surface area contributed by atoms with Crippen LogP contribution in [0.1, 0.15) is 12.7 Å². The first kappa shape index (κ1) is 11.3. The standard InChI is InChI=1S/C11H12N4O2/c1-8(17)13-9-3-2-4-10(5-9)15-7-12-14-11(15)6-16/h2-5,7,16H,6H2,1H3,(H,13,17). The van der Waals surface area contributed by atoms with E-state index in [2.05, 4.69) is 15.5 Å². The van der Waals surface area contributed by atoms with Crippen LogP contribution in [0.15, 0.2) is 30.6 Å². The summed E-state index contributed by atoms with van der Waals surface area (Å²) in [5.41, 5.74) is 1.47. The summed E-state index contributed by atoms with van der Waals surface area (Å²) in [4.78, 5) is 11.0. The third-order valence-corrected chi connectivity index (χ3v) is 2.20. The summed E-state index contributed by atoms with van der Waals surface area (Å²) >= 11 is 0. The van der Waals surface area contributed by atoms with E-state index in [0.29, 0.717) is 11.5 Å². The first-order valence-electron chi connectivity index (χ1n) is 5.08. The van der Waals surface area contributed by atoms with E-state index in [1.807, 2.05) is 12.1 Å². The van der Waals surface area contributed by atoms with Crippen molar-refractivity contribution in [1.29, 1.82) is 0 Å². The van der Waals surface area contributed by atoms with Gasteiger partial charge >= 0.3 is 0 Å². The molecule has 1 heterocycles. The topological polar surface area (TPSA) is 80.0 Å². The third-order valence-electron chi connectivity index (χ3n) is 2.20. The maximum atomic E-state index is 11.0. The Morgan fingerprint density at radius 2 is 2.35 bits per heavy atom. The van der Waals surface area contributed by atoms with Gasteiger partial charge < -0.3 is 10.4 Å². The number of nitrogens with zero attached hydrogens (tertiary/aromatic N) is 3. The van der Waals surface area contributed by atoms with Crippen LogP contribution in [0.25, 0.3) is 5.69 Å². The fourth-order valence-corrected chi connectivity index (χ4v) is 1.52. The van der Waals surface area contributed by atoms with Gasteiger partial charge in [0, 0.05) is 12.6 Å². The first-order chi connectivity index (χ1) is 8.20. The molecule has 0 saturated carbocycles. The molecule has 0 unspecified atom stereocenters. The molecule has 1 aromatic heterocycles. The van der Waals surface area contributed by atoms with Gasteiger partial charge in [-0.05, 0) is 18.2 Å². The molecule has 0 radical (unpaired) electrons. The largest absolute Gasteiger partial charge is 0.388 e. The summed E-state index contributed by atoms with van der Waals surface area (Å²) in [6.45, 7) is 1.26. The van der Waals surface area contributed by atoms with Gasteiger partial charge in [-0.2, -0.15) is 0 Å². The lowest BCUT2D eigenvalue weighted by molar-refractivity contribution is -0.114. The van der Waals surface area contributed by atoms with Crippen LogP contribution in [0.3, 0.4) is 0 Å². The number of aliphatic hydroxyl groups is 1. The quantitative estimate of drug-likeness (QED) is 0.817. The Morgan fingerprint density at radius 3 is 3.06 bits per heavy atom. The zero-order valence-electron chi connectivity index (χ0n) is 9.29. The summed E-state index contributed by atoms with van der Waals surface area (Å²) in [7, 11) is 0. The predicted molar refractivity (Wildman–Crippen MR) is 61.6 cm³/mol. The lowest BCUT2D eigenvalue weighted by Crippen LogP contribution is -2.06. The highest BCUT2D eigenvalue weighted by molar-refractivity contribution is 5.88. The number of benzene rings is 1. The van der Waals surface area contributed by atoms with Gasteiger partial charge in [-0.1, -0.05) is 6.07 Å². The van der Waals surface area contributed by atoms with E-state index in [9.17, 15) is 4.79 Å². The molecule has 0 aliphatic heterocycles. The van der Waals surface area contributed by atoms with Gasteiger partial charge in [0.2, 0.25) is 5.91 Å². The van der Waals surface area contributed by atoms with Crippen molar-refractivity contribution in [2.24, 2.45) is 0 Å². The van der Waals surface area contributed by atoms with Crippen LogP contribution in [-0.4, -0.2) is 25.8 Å². The fourth-order valence-electron chi connectivity index (χ4n) is 1.52. The molecule has 0 aliphatic carbocycles. The Balaban J connectivity index is 2.36. The van der Waals surface area contributed by atoms with Crippen molar-refractivity contribution in [2.75, 3.05) is 5.32 Å². The third kappa shape index (κ3) is 2.48. The molecule has 2 aromatic rings. The fraction of sp³-hybridized carbons (Fsp3) is 0.182. The molecule has 0 bridgehead atoms. The number of nitrogens with one attached hydrogen (secondary N) is 1. The van der Waals surface area contributed by atoms with E-state index in [1.165, 1.54) is 13.3 Å². The van der Waals surface area contributed by atoms with Crippen LogP contribution in [0.4, 0.5) is 5.69 Å². The van der Waals surface area contributed by atoms with E-state index in [1.54, 1.807) is 16.7 Å². The molecule has 17 heavy (non-hydrogen) atoms. The second-order valence-electron chi connectivity index (χ2n) is 3.51. The van der Waals surface area contributed by atoms with Gasteiger partial charge in [0.05, 0.1) is 5.69 Å². The molecule has 2 rings (SSSR count). The maximum Gasteiger partial charge on any atom is 0.221 e. The minimum Gasteiger partial charge on any atom is -0.388 e. The molecule has 0 spiro atoms. The van der Waals surface area contributed by atoms with Gasteiger partial charge in [-0.25, -0.2) is 0 Å². The van der Waals surface area contributed by atoms with Crippen molar-refractivity contribution in [3.05, 3.63) is 36.4 Å². The highest BCUT2D eigenvalue weighted by atomic mass is 16.3. The van der Waals surface area contributed by atoms with Gasteiger partial charge in [0.15, 0.2) is 5.82 Å². The average Bonchev–Trinajstić information content (AvgIpc) is 2.76. The maximum absolute atomic E-state index is 11.0. The van der Waals surface area contributed by atoms with Crippen LogP contribution in [0.5, 0.6) is 0 Å². The van der Waals surface area contributed by atoms with Crippen molar-refractivity contribution in [3.8, 4) is 5.69 Å². The van der Waals surface area contributed by atoms with Gasteiger partial charge in [0.25, 0.3) is 0 Å². The van der Waals surface area contributed by atoms with Crippen LogP contribution >= 0.6 is 0 Å². The van der Waals surface area contributed by atoms with Crippen molar-refractivity contribution < 1.29 is 9.90 Å². The molecule has 6 heteroatoms. The lowest BCUT2D eigenvalue weighted by Gasteiger charge is -2.07. The van der Waals surface area contributed by atoms with Crippen LogP contribution in [-0.2, 0) is 11.4 Å². The van der Waals surface area contributed by atoms with Gasteiger partial charge in [-0.15, -0.1) is 10.2 Å². The molecule has 0 fully saturated rings. The molecule has 2 N–H and O–H groups in total. The lowest BCUT2D eigenvalue weighted by atomic mass is 10.2. The molecule has 1 amide bonds. The summed E-state index contributed by atoms with van der Waals surface area (Å²) in [6.07, 6.45) is 1.51. The van der Waals surface area contributed by atoms with Gasteiger partial charge in [0.1, 0.15) is 12.9 Å². The minimum atomic E-state index is -0.190. The normalized spacial score (nSPS) is 10.2. The average molecular weight is 232 g/mol. The molecule has 6 nitrogen and oxygen atoms in total. The van der Waals surface area contributed by atoms with Crippen LogP contribution < -0.4 is 5.32 Å². The number of anilines is 1. The number of hydrogen-bond acceptors (Lipinski definition) is 4. The molecule has 0 atom stereocenters. The Labute approximate surface area is 97.9 Å². The minimum absolute atomic E-state index is 0.131. The van der Waals surface area contributed by atoms with E-state index < -0.39 is 0 Å². The van der Waals surface area contributed by atoms with E-state index in [0.717, 1.165) is 5.69 Å². The number of hydrogen-bond donors (Lipinski definition) is 2. The Bertz CT molecular complexity index is 536. The highest BCUT2D eigenvalue weighted by Crippen LogP contribution is 2.15. The van der Waals surface area contributed by atoms with Crippen molar-refractivity contribution in [1.82, 2.24) is 14.8 Å². The number of carbonyl (C=O) groups is 1. The second-order valence-corrected chi connectivity index (χ2v) is 3.51. The van der Waals surface area contributed by atoms with Crippen LogP contribution in [0.2, 0.25) is 0 Å². The zero-order chi connectivity index (χ0) is 12.3. The molecule has 88 valence electrons. The molecule has 0 aliphatic rings. The zero-order valence-corrected chi connectivity index (χ0v) is 9.29. The summed E-state index contributed by atoms with van der Waals surface area (Å²) in [5.74, 6) is 0.318. The number of aromatic nitrogens is 3. The number of aliphatic hydroxyl groups excluding tert-OH is 1. The monoisotopic (exact) mass is 232 g/mol. The molecular formula is C11H12N4O2. The molecule has 0 saturated heterocycles. The highest BCUT2D eigenvalue weighted by Gasteiger charge is 2.05. The van der Waals surface area contributed by atoms with E-state index in [4.69, 9.17) is 5.11 Å². The Kier molecular flexibility index (Phi) is 3.15. The Morgan fingerprint density at radius 1 is 1.53 bits per heavy atom. The van der Waals surface area contributed by atoms with E-state index >= 15 is 0 Å². The van der Waals surface area contributed by atoms with Crippen molar-refractivity contribution >= 4 is 11.6 Å². The molecular weight excluding hydrogens is 220 g/mol. The predicted octanol–water partition coefficient (Wildman–Crippen LogP) is 0.718. The second kappa shape index (κ2) is 4.75. The Hall–Kier alpha value is -2.21. The summed E-state index contributed by atoms with van der Waals surface area (Å²) < 4.78 is 1.66. The molecule has 1 aromatic carbocycles. The van der Waals surface area contributed by atoms with E-state index in [-0.39, 0.29) is 12.5 Å². The smallest absolute Gasteiger partial charge is 0.221 e. The van der Waals surface area contributed by atoms with Gasteiger partial charge in [-0.3, -0.25) is 9.36 Å². The summed E-state index contributed by atoms with van der Waals surface area (Å²) in [6, 6.07) is 7.22. The van der Waals surface area contributed by atoms with Crippen LogP contribution in [0, 0.1) is 0 Å². The van der Waals surface area contributed by atoms with Crippen molar-refractivity contribution in [3.63, 3.8) is 0 Å². The number of amides is 1. The SMILES string of the molecule is CC(=O)Nc1cccc(-n2cnnc2CO)c1. The first-order valence-corrected chi connectivity index (χ1v) is 5.08. The van der Waals surface area contributed by atoms with Crippen molar-refractivity contribution in [2.45, 2.75) is 13.5 Å². The number of carbonyl (C=O) groups excluding carboxylic acids is 1. The number of rotatable bonds is 3.